The number of rotatable bonds is 3. The molecule has 3 atom stereocenters. The summed E-state index contributed by atoms with van der Waals surface area (Å²) < 4.78 is 0. The molecule has 1 unspecified atom stereocenters. The minimum atomic E-state index is -0.767. The fourth-order valence-electron chi connectivity index (χ4n) is 1.98. The Morgan fingerprint density at radius 3 is 2.62 bits per heavy atom. The summed E-state index contributed by atoms with van der Waals surface area (Å²) in [5, 5.41) is 11.5. The van der Waals surface area contributed by atoms with Crippen molar-refractivity contribution >= 4 is 35.4 Å². The van der Waals surface area contributed by atoms with Gasteiger partial charge in [0.05, 0.1) is 5.25 Å². The van der Waals surface area contributed by atoms with Gasteiger partial charge >= 0.3 is 5.97 Å². The topological polar surface area (TPSA) is 66.4 Å². The predicted molar refractivity (Wildman–Crippen MR) is 65.9 cm³/mol. The van der Waals surface area contributed by atoms with E-state index in [-0.39, 0.29) is 22.4 Å². The molecule has 2 saturated heterocycles. The van der Waals surface area contributed by atoms with Crippen molar-refractivity contribution in [2.45, 2.75) is 35.8 Å². The molecule has 2 fully saturated rings. The molecule has 0 aromatic rings. The Bertz CT molecular complexity index is 292. The Kier molecular flexibility index (Phi) is 4.02. The molecular formula is C10H15NO3S2. The number of nitrogens with one attached hydrogen (secondary N) is 1. The molecule has 1 amide bonds. The monoisotopic (exact) mass is 261 g/mol. The molecule has 90 valence electrons. The third kappa shape index (κ3) is 2.85. The van der Waals surface area contributed by atoms with Gasteiger partial charge in [-0.2, -0.15) is 0 Å². The van der Waals surface area contributed by atoms with E-state index < -0.39 is 5.97 Å². The fraction of sp³-hybridized carbons (Fsp3) is 0.800. The maximum atomic E-state index is 11.8. The minimum absolute atomic E-state index is 0.0415. The Hall–Kier alpha value is -0.360. The average Bonchev–Trinajstić information content (AvgIpc) is 2.87. The second-order valence-corrected chi connectivity index (χ2v) is 6.65. The average molecular weight is 261 g/mol. The SMILES string of the molecule is O=C(N[C@@H]1CS[C@H](C(=O)O)C1)C1CCCS1. The van der Waals surface area contributed by atoms with Crippen LogP contribution in [0.25, 0.3) is 0 Å². The molecule has 0 aromatic heterocycles. The molecule has 0 aromatic carbocycles. The maximum absolute atomic E-state index is 11.8. The van der Waals surface area contributed by atoms with E-state index in [0.29, 0.717) is 6.42 Å². The third-order valence-corrected chi connectivity index (χ3v) is 5.61. The van der Waals surface area contributed by atoms with Gasteiger partial charge in [0, 0.05) is 11.8 Å². The highest BCUT2D eigenvalue weighted by Crippen LogP contribution is 2.29. The van der Waals surface area contributed by atoms with Crippen molar-refractivity contribution in [3.63, 3.8) is 0 Å². The molecule has 0 saturated carbocycles. The first-order valence-corrected chi connectivity index (χ1v) is 7.53. The molecule has 0 spiro atoms. The van der Waals surface area contributed by atoms with Crippen LogP contribution in [0.1, 0.15) is 19.3 Å². The van der Waals surface area contributed by atoms with Crippen molar-refractivity contribution in [2.24, 2.45) is 0 Å². The number of carboxylic acids is 1. The highest BCUT2D eigenvalue weighted by Gasteiger charge is 2.33. The van der Waals surface area contributed by atoms with Crippen LogP contribution in [0.4, 0.5) is 0 Å². The molecule has 2 rings (SSSR count). The van der Waals surface area contributed by atoms with Crippen molar-refractivity contribution < 1.29 is 14.7 Å². The molecule has 2 heterocycles. The van der Waals surface area contributed by atoms with E-state index in [4.69, 9.17) is 5.11 Å². The van der Waals surface area contributed by atoms with Crippen molar-refractivity contribution in [3.8, 4) is 0 Å². The Morgan fingerprint density at radius 2 is 2.06 bits per heavy atom. The van der Waals surface area contributed by atoms with Crippen molar-refractivity contribution in [3.05, 3.63) is 0 Å². The van der Waals surface area contributed by atoms with Crippen LogP contribution >= 0.6 is 23.5 Å². The Balaban J connectivity index is 1.78. The van der Waals surface area contributed by atoms with Gasteiger partial charge in [0.25, 0.3) is 0 Å². The second-order valence-electron chi connectivity index (χ2n) is 4.10. The summed E-state index contributed by atoms with van der Waals surface area (Å²) in [5.74, 6) is 1.12. The van der Waals surface area contributed by atoms with Gasteiger partial charge in [-0.15, -0.1) is 23.5 Å². The zero-order valence-corrected chi connectivity index (χ0v) is 10.5. The second kappa shape index (κ2) is 5.31. The zero-order chi connectivity index (χ0) is 11.5. The van der Waals surface area contributed by atoms with E-state index >= 15 is 0 Å². The molecule has 0 bridgehead atoms. The number of thioether (sulfide) groups is 2. The quantitative estimate of drug-likeness (QED) is 0.792. The van der Waals surface area contributed by atoms with Crippen LogP contribution in [-0.2, 0) is 9.59 Å². The molecular weight excluding hydrogens is 246 g/mol. The van der Waals surface area contributed by atoms with E-state index in [1.165, 1.54) is 11.8 Å². The van der Waals surface area contributed by atoms with Crippen LogP contribution in [0, 0.1) is 0 Å². The summed E-state index contributed by atoms with van der Waals surface area (Å²) in [6, 6.07) is 0.0415. The number of carbonyl (C=O) groups is 2. The van der Waals surface area contributed by atoms with Crippen LogP contribution in [0.15, 0.2) is 0 Å². The third-order valence-electron chi connectivity index (χ3n) is 2.84. The lowest BCUT2D eigenvalue weighted by molar-refractivity contribution is -0.136. The first kappa shape index (κ1) is 12.1. The van der Waals surface area contributed by atoms with Gasteiger partial charge in [-0.25, -0.2) is 0 Å². The lowest BCUT2D eigenvalue weighted by Gasteiger charge is -2.14. The van der Waals surface area contributed by atoms with Crippen LogP contribution < -0.4 is 5.32 Å². The molecule has 2 aliphatic rings. The number of hydrogen-bond acceptors (Lipinski definition) is 4. The maximum Gasteiger partial charge on any atom is 0.316 e. The number of aliphatic carboxylic acids is 1. The van der Waals surface area contributed by atoms with E-state index in [1.54, 1.807) is 11.8 Å². The zero-order valence-electron chi connectivity index (χ0n) is 8.85. The summed E-state index contributed by atoms with van der Waals surface area (Å²) in [6.07, 6.45) is 2.63. The summed E-state index contributed by atoms with van der Waals surface area (Å²) in [7, 11) is 0. The highest BCUT2D eigenvalue weighted by atomic mass is 32.2. The van der Waals surface area contributed by atoms with Gasteiger partial charge in [0.2, 0.25) is 5.91 Å². The fourth-order valence-corrected chi connectivity index (χ4v) is 4.34. The number of carboxylic acid groups (broad SMARTS) is 1. The first-order valence-electron chi connectivity index (χ1n) is 5.43. The van der Waals surface area contributed by atoms with Gasteiger partial charge in [0.1, 0.15) is 5.25 Å². The minimum Gasteiger partial charge on any atom is -0.480 e. The van der Waals surface area contributed by atoms with Crippen molar-refractivity contribution in [1.82, 2.24) is 5.32 Å². The molecule has 2 aliphatic heterocycles. The van der Waals surface area contributed by atoms with Crippen LogP contribution in [0.2, 0.25) is 0 Å². The molecule has 4 nitrogen and oxygen atoms in total. The number of hydrogen-bond donors (Lipinski definition) is 2. The van der Waals surface area contributed by atoms with Crippen LogP contribution in [-0.4, -0.2) is 45.0 Å². The normalized spacial score (nSPS) is 33.9. The van der Waals surface area contributed by atoms with Gasteiger partial charge < -0.3 is 10.4 Å². The van der Waals surface area contributed by atoms with Gasteiger partial charge in [0.15, 0.2) is 0 Å². The number of carbonyl (C=O) groups excluding carboxylic acids is 1. The summed E-state index contributed by atoms with van der Waals surface area (Å²) >= 11 is 3.13. The highest BCUT2D eigenvalue weighted by molar-refractivity contribution is 8.01. The summed E-state index contributed by atoms with van der Waals surface area (Å²) in [4.78, 5) is 22.5. The largest absolute Gasteiger partial charge is 0.480 e. The Labute approximate surface area is 103 Å². The molecule has 0 aliphatic carbocycles. The molecule has 0 radical (unpaired) electrons. The molecule has 16 heavy (non-hydrogen) atoms. The van der Waals surface area contributed by atoms with Gasteiger partial charge in [-0.05, 0) is 25.0 Å². The molecule has 6 heteroatoms. The van der Waals surface area contributed by atoms with E-state index in [1.807, 2.05) is 0 Å². The van der Waals surface area contributed by atoms with Crippen LogP contribution in [0.5, 0.6) is 0 Å². The van der Waals surface area contributed by atoms with Crippen LogP contribution in [0.3, 0.4) is 0 Å². The van der Waals surface area contributed by atoms with Crippen molar-refractivity contribution in [1.29, 1.82) is 0 Å². The smallest absolute Gasteiger partial charge is 0.316 e. The van der Waals surface area contributed by atoms with Gasteiger partial charge in [-0.3, -0.25) is 9.59 Å². The lowest BCUT2D eigenvalue weighted by atomic mass is 10.1. The lowest BCUT2D eigenvalue weighted by Crippen LogP contribution is -2.40. The van der Waals surface area contributed by atoms with E-state index in [9.17, 15) is 9.59 Å². The standard InChI is InChI=1S/C10H15NO3S2/c12-9(7-2-1-3-15-7)11-6-4-8(10(13)14)16-5-6/h6-8H,1-5H2,(H,11,12)(H,13,14)/t6-,7?,8-/m0/s1. The predicted octanol–water partition coefficient (Wildman–Crippen LogP) is 0.957. The van der Waals surface area contributed by atoms with E-state index in [2.05, 4.69) is 5.32 Å². The Morgan fingerprint density at radius 1 is 1.25 bits per heavy atom. The first-order chi connectivity index (χ1) is 7.66. The molecule has 2 N–H and O–H groups in total. The van der Waals surface area contributed by atoms with E-state index in [0.717, 1.165) is 24.3 Å². The summed E-state index contributed by atoms with van der Waals surface area (Å²) in [5.41, 5.74) is 0. The van der Waals surface area contributed by atoms with Crippen molar-refractivity contribution in [2.75, 3.05) is 11.5 Å². The van der Waals surface area contributed by atoms with Gasteiger partial charge in [-0.1, -0.05) is 0 Å². The summed E-state index contributed by atoms with van der Waals surface area (Å²) in [6.45, 7) is 0. The number of amides is 1.